The van der Waals surface area contributed by atoms with E-state index in [2.05, 4.69) is 10.0 Å². The van der Waals surface area contributed by atoms with Crippen molar-refractivity contribution in [2.75, 3.05) is 19.6 Å². The van der Waals surface area contributed by atoms with Gasteiger partial charge in [0.25, 0.3) is 0 Å². The Morgan fingerprint density at radius 1 is 0.879 bits per heavy atom. The first-order valence-electron chi connectivity index (χ1n) is 11.0. The lowest BCUT2D eigenvalue weighted by Crippen LogP contribution is -2.31. The Kier molecular flexibility index (Phi) is 9.59. The van der Waals surface area contributed by atoms with Crippen LogP contribution in [0.5, 0.6) is 0 Å². The maximum Gasteiger partial charge on any atom is 0.243 e. The molecule has 10 heteroatoms. The molecule has 33 heavy (non-hydrogen) atoms. The lowest BCUT2D eigenvalue weighted by atomic mass is 10.0. The Hall–Kier alpha value is -2.27. The predicted molar refractivity (Wildman–Crippen MR) is 129 cm³/mol. The van der Waals surface area contributed by atoms with Gasteiger partial charge in [-0.2, -0.15) is 4.31 Å². The molecule has 2 N–H and O–H groups in total. The van der Waals surface area contributed by atoms with E-state index in [9.17, 15) is 21.6 Å². The molecule has 0 aromatic heterocycles. The minimum Gasteiger partial charge on any atom is -0.352 e. The minimum absolute atomic E-state index is 0.0161. The van der Waals surface area contributed by atoms with Gasteiger partial charge in [0.05, 0.1) is 9.79 Å². The van der Waals surface area contributed by atoms with E-state index in [-0.39, 0.29) is 35.2 Å². The molecule has 2 aromatic rings. The Balaban J connectivity index is 1.84. The summed E-state index contributed by atoms with van der Waals surface area (Å²) >= 11 is 0. The van der Waals surface area contributed by atoms with Crippen LogP contribution < -0.4 is 10.0 Å². The highest BCUT2D eigenvalue weighted by atomic mass is 32.2. The Morgan fingerprint density at radius 3 is 1.94 bits per heavy atom. The highest BCUT2D eigenvalue weighted by Gasteiger charge is 2.21. The third-order valence-corrected chi connectivity index (χ3v) is 8.80. The first kappa shape index (κ1) is 27.0. The molecule has 0 saturated heterocycles. The normalized spacial score (nSPS) is 12.3. The first-order valence-corrected chi connectivity index (χ1v) is 13.9. The maximum atomic E-state index is 12.5. The van der Waals surface area contributed by atoms with E-state index < -0.39 is 20.0 Å². The number of rotatable bonds is 12. The van der Waals surface area contributed by atoms with E-state index in [0.29, 0.717) is 19.0 Å². The largest absolute Gasteiger partial charge is 0.352 e. The van der Waals surface area contributed by atoms with Gasteiger partial charge in [0.1, 0.15) is 0 Å². The number of benzene rings is 2. The molecule has 0 spiro atoms. The molecular formula is C23H33N3O5S2. The molecule has 0 aliphatic carbocycles. The number of hydrogen-bond acceptors (Lipinski definition) is 5. The number of nitrogens with zero attached hydrogens (tertiary/aromatic N) is 1. The van der Waals surface area contributed by atoms with E-state index in [0.717, 1.165) is 11.1 Å². The molecule has 0 radical (unpaired) electrons. The summed E-state index contributed by atoms with van der Waals surface area (Å²) in [5.74, 6) is -0.00548. The van der Waals surface area contributed by atoms with Gasteiger partial charge in [0.2, 0.25) is 26.0 Å². The molecule has 2 rings (SSSR count). The predicted octanol–water partition coefficient (Wildman–Crippen LogP) is 2.83. The van der Waals surface area contributed by atoms with Crippen LogP contribution in [0, 0.1) is 0 Å². The molecule has 0 fully saturated rings. The number of amides is 1. The van der Waals surface area contributed by atoms with Crippen molar-refractivity contribution >= 4 is 26.0 Å². The zero-order valence-electron chi connectivity index (χ0n) is 19.5. The Bertz CT molecular complexity index is 1120. The third-order valence-electron chi connectivity index (χ3n) is 5.26. The van der Waals surface area contributed by atoms with Crippen LogP contribution >= 0.6 is 0 Å². The van der Waals surface area contributed by atoms with Crippen molar-refractivity contribution in [3.63, 3.8) is 0 Å². The fourth-order valence-corrected chi connectivity index (χ4v) is 5.68. The molecule has 0 atom stereocenters. The van der Waals surface area contributed by atoms with Crippen molar-refractivity contribution in [3.05, 3.63) is 59.7 Å². The lowest BCUT2D eigenvalue weighted by molar-refractivity contribution is -0.121. The second kappa shape index (κ2) is 11.7. The quantitative estimate of drug-likeness (QED) is 0.470. The van der Waals surface area contributed by atoms with Crippen LogP contribution in [0.4, 0.5) is 0 Å². The number of sulfonamides is 2. The molecule has 0 unspecified atom stereocenters. The highest BCUT2D eigenvalue weighted by molar-refractivity contribution is 7.89. The zero-order chi connectivity index (χ0) is 24.6. The van der Waals surface area contributed by atoms with Gasteiger partial charge in [-0.3, -0.25) is 4.79 Å². The Labute approximate surface area is 197 Å². The fourth-order valence-electron chi connectivity index (χ4n) is 3.20. The number of nitrogens with one attached hydrogen (secondary N) is 2. The van der Waals surface area contributed by atoms with Crippen LogP contribution in [-0.2, 0) is 31.4 Å². The van der Waals surface area contributed by atoms with E-state index in [1.165, 1.54) is 16.4 Å². The standard InChI is InChI=1S/C23H33N3O5S2/c1-5-26(6-2)33(30,31)22-11-7-19(8-12-22)17-24-23(27)15-16-25-32(28,29)21-13-9-20(10-14-21)18(3)4/h7-14,18,25H,5-6,15-17H2,1-4H3,(H,24,27). The van der Waals surface area contributed by atoms with Crippen LogP contribution in [-0.4, -0.2) is 46.7 Å². The molecule has 0 saturated carbocycles. The minimum atomic E-state index is -3.69. The summed E-state index contributed by atoms with van der Waals surface area (Å²) in [5.41, 5.74) is 1.79. The molecule has 0 bridgehead atoms. The number of carbonyl (C=O) groups is 1. The second-order valence-electron chi connectivity index (χ2n) is 7.88. The van der Waals surface area contributed by atoms with E-state index in [1.54, 1.807) is 50.2 Å². The summed E-state index contributed by atoms with van der Waals surface area (Å²) in [6, 6.07) is 13.0. The van der Waals surface area contributed by atoms with Crippen LogP contribution in [0.2, 0.25) is 0 Å². The van der Waals surface area contributed by atoms with Gasteiger partial charge in [-0.25, -0.2) is 21.6 Å². The summed E-state index contributed by atoms with van der Waals surface area (Å²) in [6.45, 7) is 8.61. The molecule has 0 aliphatic heterocycles. The van der Waals surface area contributed by atoms with Crippen LogP contribution in [0.3, 0.4) is 0 Å². The maximum absolute atomic E-state index is 12.5. The van der Waals surface area contributed by atoms with Crippen LogP contribution in [0.1, 0.15) is 51.2 Å². The second-order valence-corrected chi connectivity index (χ2v) is 11.6. The topological polar surface area (TPSA) is 113 Å². The van der Waals surface area contributed by atoms with Crippen molar-refractivity contribution < 1.29 is 21.6 Å². The first-order chi connectivity index (χ1) is 15.5. The average molecular weight is 496 g/mol. The summed E-state index contributed by atoms with van der Waals surface area (Å²) in [7, 11) is -7.21. The molecule has 0 aliphatic rings. The van der Waals surface area contributed by atoms with Gasteiger partial charge in [-0.15, -0.1) is 0 Å². The van der Waals surface area contributed by atoms with Gasteiger partial charge in [-0.05, 0) is 41.3 Å². The Morgan fingerprint density at radius 2 is 1.42 bits per heavy atom. The van der Waals surface area contributed by atoms with Gasteiger partial charge in [0, 0.05) is 32.6 Å². The van der Waals surface area contributed by atoms with Gasteiger partial charge in [0.15, 0.2) is 0 Å². The molecule has 0 heterocycles. The van der Waals surface area contributed by atoms with E-state index in [1.807, 2.05) is 13.8 Å². The summed E-state index contributed by atoms with van der Waals surface area (Å²) in [6.07, 6.45) is -0.0161. The monoisotopic (exact) mass is 495 g/mol. The van der Waals surface area contributed by atoms with Gasteiger partial charge in [-0.1, -0.05) is 52.0 Å². The smallest absolute Gasteiger partial charge is 0.243 e. The molecule has 8 nitrogen and oxygen atoms in total. The van der Waals surface area contributed by atoms with E-state index in [4.69, 9.17) is 0 Å². The fraction of sp³-hybridized carbons (Fsp3) is 0.435. The molecule has 2 aromatic carbocycles. The SMILES string of the molecule is CCN(CC)S(=O)(=O)c1ccc(CNC(=O)CCNS(=O)(=O)c2ccc(C(C)C)cc2)cc1. The van der Waals surface area contributed by atoms with Gasteiger partial charge < -0.3 is 5.32 Å². The van der Waals surface area contributed by atoms with Crippen LogP contribution in [0.15, 0.2) is 58.3 Å². The summed E-state index contributed by atoms with van der Waals surface area (Å²) in [4.78, 5) is 12.5. The van der Waals surface area contributed by atoms with Crippen molar-refractivity contribution in [3.8, 4) is 0 Å². The third kappa shape index (κ3) is 7.36. The zero-order valence-corrected chi connectivity index (χ0v) is 21.2. The average Bonchev–Trinajstić information content (AvgIpc) is 2.78. The van der Waals surface area contributed by atoms with Crippen molar-refractivity contribution in [1.29, 1.82) is 0 Å². The summed E-state index contributed by atoms with van der Waals surface area (Å²) < 4.78 is 53.6. The van der Waals surface area contributed by atoms with Crippen molar-refractivity contribution in [2.45, 2.75) is 56.4 Å². The van der Waals surface area contributed by atoms with Crippen molar-refractivity contribution in [1.82, 2.24) is 14.3 Å². The number of hydrogen-bond donors (Lipinski definition) is 2. The summed E-state index contributed by atoms with van der Waals surface area (Å²) in [5, 5.41) is 2.71. The van der Waals surface area contributed by atoms with Gasteiger partial charge >= 0.3 is 0 Å². The number of carbonyl (C=O) groups excluding carboxylic acids is 1. The van der Waals surface area contributed by atoms with E-state index >= 15 is 0 Å². The molecular weight excluding hydrogens is 462 g/mol. The van der Waals surface area contributed by atoms with Crippen LogP contribution in [0.25, 0.3) is 0 Å². The lowest BCUT2D eigenvalue weighted by Gasteiger charge is -2.18. The molecule has 182 valence electrons. The van der Waals surface area contributed by atoms with Crippen molar-refractivity contribution in [2.24, 2.45) is 0 Å². The molecule has 1 amide bonds. The highest BCUT2D eigenvalue weighted by Crippen LogP contribution is 2.18.